The number of hydrogen-bond acceptors (Lipinski definition) is 4. The molecule has 14 heavy (non-hydrogen) atoms. The Morgan fingerprint density at radius 3 is 2.86 bits per heavy atom. The fourth-order valence-electron chi connectivity index (χ4n) is 1.76. The summed E-state index contributed by atoms with van der Waals surface area (Å²) >= 11 is 0. The molecule has 5 nitrogen and oxygen atoms in total. The van der Waals surface area contributed by atoms with Crippen molar-refractivity contribution in [2.45, 2.75) is 18.1 Å². The maximum Gasteiger partial charge on any atom is 0.192 e. The Bertz CT molecular complexity index is 461. The van der Waals surface area contributed by atoms with Crippen LogP contribution in [0, 0.1) is 0 Å². The van der Waals surface area contributed by atoms with E-state index in [0.29, 0.717) is 19.6 Å². The number of aryl methyl sites for hydroxylation is 1. The summed E-state index contributed by atoms with van der Waals surface area (Å²) in [5.74, 6) is 0. The normalized spacial score (nSPS) is 16.7. The van der Waals surface area contributed by atoms with Crippen LogP contribution in [0.4, 0.5) is 0 Å². The van der Waals surface area contributed by atoms with Crippen LogP contribution in [0.1, 0.15) is 11.3 Å². The average Bonchev–Trinajstić information content (AvgIpc) is 2.38. The van der Waals surface area contributed by atoms with Crippen LogP contribution in [0.15, 0.2) is 5.03 Å². The Balaban J connectivity index is 2.65. The zero-order chi connectivity index (χ0) is 10.3. The second-order valence-electron chi connectivity index (χ2n) is 3.43. The molecule has 0 spiro atoms. The molecule has 0 aromatic carbocycles. The van der Waals surface area contributed by atoms with Gasteiger partial charge < -0.3 is 4.74 Å². The van der Waals surface area contributed by atoms with Crippen molar-refractivity contribution in [1.82, 2.24) is 9.78 Å². The van der Waals surface area contributed by atoms with Crippen molar-refractivity contribution in [2.24, 2.45) is 7.05 Å². The lowest BCUT2D eigenvalue weighted by atomic mass is 10.2. The minimum Gasteiger partial charge on any atom is -0.376 e. The van der Waals surface area contributed by atoms with Crippen LogP contribution in [0.5, 0.6) is 0 Å². The van der Waals surface area contributed by atoms with Gasteiger partial charge in [0.05, 0.1) is 18.9 Å². The SMILES string of the molecule is Cn1nc2c(c1S(C)(=O)=O)COCC2. The number of fused-ring (bicyclic) bond motifs is 1. The molecule has 2 heterocycles. The fourth-order valence-corrected chi connectivity index (χ4v) is 2.90. The first-order valence-corrected chi connectivity index (χ1v) is 6.22. The molecule has 0 bridgehead atoms. The van der Waals surface area contributed by atoms with E-state index in [9.17, 15) is 8.42 Å². The molecule has 78 valence electrons. The highest BCUT2D eigenvalue weighted by Crippen LogP contribution is 2.23. The van der Waals surface area contributed by atoms with Crippen molar-refractivity contribution < 1.29 is 13.2 Å². The third-order valence-corrected chi connectivity index (χ3v) is 3.47. The van der Waals surface area contributed by atoms with E-state index in [4.69, 9.17) is 4.74 Å². The molecule has 0 saturated carbocycles. The molecular formula is C8H12N2O3S. The van der Waals surface area contributed by atoms with E-state index in [1.54, 1.807) is 7.05 Å². The smallest absolute Gasteiger partial charge is 0.192 e. The number of nitrogens with zero attached hydrogens (tertiary/aromatic N) is 2. The first-order valence-electron chi connectivity index (χ1n) is 4.32. The maximum absolute atomic E-state index is 11.5. The molecule has 0 atom stereocenters. The second-order valence-corrected chi connectivity index (χ2v) is 5.36. The van der Waals surface area contributed by atoms with Crippen LogP contribution in [-0.2, 0) is 34.6 Å². The third-order valence-electron chi connectivity index (χ3n) is 2.25. The van der Waals surface area contributed by atoms with Crippen LogP contribution in [-0.4, -0.2) is 31.1 Å². The monoisotopic (exact) mass is 216 g/mol. The summed E-state index contributed by atoms with van der Waals surface area (Å²) in [5.41, 5.74) is 1.57. The van der Waals surface area contributed by atoms with Gasteiger partial charge in [0, 0.05) is 25.3 Å². The van der Waals surface area contributed by atoms with E-state index in [-0.39, 0.29) is 5.03 Å². The summed E-state index contributed by atoms with van der Waals surface area (Å²) in [6.07, 6.45) is 1.89. The number of hydrogen-bond donors (Lipinski definition) is 0. The highest BCUT2D eigenvalue weighted by molar-refractivity contribution is 7.90. The quantitative estimate of drug-likeness (QED) is 0.657. The van der Waals surface area contributed by atoms with Crippen LogP contribution >= 0.6 is 0 Å². The van der Waals surface area contributed by atoms with Crippen molar-refractivity contribution in [3.05, 3.63) is 11.3 Å². The van der Waals surface area contributed by atoms with E-state index < -0.39 is 9.84 Å². The summed E-state index contributed by atoms with van der Waals surface area (Å²) in [5, 5.41) is 4.46. The Labute approximate surface area is 82.6 Å². The van der Waals surface area contributed by atoms with Crippen LogP contribution in [0.2, 0.25) is 0 Å². The minimum atomic E-state index is -3.21. The average molecular weight is 216 g/mol. The van der Waals surface area contributed by atoms with Gasteiger partial charge in [-0.1, -0.05) is 0 Å². The number of sulfone groups is 1. The molecule has 0 saturated heterocycles. The zero-order valence-electron chi connectivity index (χ0n) is 8.15. The molecule has 0 fully saturated rings. The molecule has 0 amide bonds. The molecule has 6 heteroatoms. The molecule has 1 aromatic rings. The van der Waals surface area contributed by atoms with Gasteiger partial charge in [-0.05, 0) is 0 Å². The van der Waals surface area contributed by atoms with Crippen molar-refractivity contribution >= 4 is 9.84 Å². The predicted molar refractivity (Wildman–Crippen MR) is 49.7 cm³/mol. The topological polar surface area (TPSA) is 61.2 Å². The summed E-state index contributed by atoms with van der Waals surface area (Å²) in [4.78, 5) is 0. The largest absolute Gasteiger partial charge is 0.376 e. The lowest BCUT2D eigenvalue weighted by Gasteiger charge is -2.11. The number of ether oxygens (including phenoxy) is 1. The van der Waals surface area contributed by atoms with E-state index in [0.717, 1.165) is 11.3 Å². The first kappa shape index (κ1) is 9.67. The van der Waals surface area contributed by atoms with Gasteiger partial charge >= 0.3 is 0 Å². The Morgan fingerprint density at radius 1 is 1.50 bits per heavy atom. The summed E-state index contributed by atoms with van der Waals surface area (Å²) < 4.78 is 29.6. The van der Waals surface area contributed by atoms with Crippen molar-refractivity contribution in [3.63, 3.8) is 0 Å². The fraction of sp³-hybridized carbons (Fsp3) is 0.625. The molecule has 2 rings (SSSR count). The molecule has 0 N–H and O–H groups in total. The van der Waals surface area contributed by atoms with Crippen molar-refractivity contribution in [1.29, 1.82) is 0 Å². The molecule has 0 aliphatic carbocycles. The Morgan fingerprint density at radius 2 is 2.21 bits per heavy atom. The van der Waals surface area contributed by atoms with E-state index in [1.165, 1.54) is 10.9 Å². The molecule has 0 radical (unpaired) electrons. The van der Waals surface area contributed by atoms with Gasteiger partial charge in [0.15, 0.2) is 14.9 Å². The zero-order valence-corrected chi connectivity index (χ0v) is 8.97. The maximum atomic E-state index is 11.5. The van der Waals surface area contributed by atoms with Crippen molar-refractivity contribution in [3.8, 4) is 0 Å². The van der Waals surface area contributed by atoms with Gasteiger partial charge in [0.1, 0.15) is 0 Å². The molecule has 1 aromatic heterocycles. The van der Waals surface area contributed by atoms with Crippen LogP contribution < -0.4 is 0 Å². The minimum absolute atomic E-state index is 0.284. The molecule has 1 aliphatic rings. The standard InChI is InChI=1S/C8H12N2O3S/c1-10-8(14(2,11)12)6-5-13-4-3-7(6)9-10/h3-5H2,1-2H3. The van der Waals surface area contributed by atoms with Crippen LogP contribution in [0.3, 0.4) is 0 Å². The highest BCUT2D eigenvalue weighted by atomic mass is 32.2. The summed E-state index contributed by atoms with van der Waals surface area (Å²) in [6.45, 7) is 0.971. The predicted octanol–water partition coefficient (Wildman–Crippen LogP) is -0.104. The summed E-state index contributed by atoms with van der Waals surface area (Å²) in [7, 11) is -1.56. The van der Waals surface area contributed by atoms with Gasteiger partial charge in [-0.2, -0.15) is 5.10 Å². The Hall–Kier alpha value is -0.880. The van der Waals surface area contributed by atoms with Crippen LogP contribution in [0.25, 0.3) is 0 Å². The number of aromatic nitrogens is 2. The second kappa shape index (κ2) is 3.06. The molecule has 1 aliphatic heterocycles. The lowest BCUT2D eigenvalue weighted by Crippen LogP contribution is -2.12. The van der Waals surface area contributed by atoms with Gasteiger partial charge in [0.25, 0.3) is 0 Å². The number of rotatable bonds is 1. The first-order chi connectivity index (χ1) is 6.50. The molecular weight excluding hydrogens is 204 g/mol. The summed E-state index contributed by atoms with van der Waals surface area (Å²) in [6, 6.07) is 0. The molecule has 0 unspecified atom stereocenters. The van der Waals surface area contributed by atoms with E-state index in [1.807, 2.05) is 0 Å². The Kier molecular flexibility index (Phi) is 2.11. The van der Waals surface area contributed by atoms with Gasteiger partial charge in [-0.25, -0.2) is 8.42 Å². The third kappa shape index (κ3) is 1.44. The van der Waals surface area contributed by atoms with E-state index >= 15 is 0 Å². The lowest BCUT2D eigenvalue weighted by molar-refractivity contribution is 0.108. The van der Waals surface area contributed by atoms with Gasteiger partial charge in [-0.15, -0.1) is 0 Å². The van der Waals surface area contributed by atoms with E-state index in [2.05, 4.69) is 5.10 Å². The van der Waals surface area contributed by atoms with Crippen molar-refractivity contribution in [2.75, 3.05) is 12.9 Å². The highest BCUT2D eigenvalue weighted by Gasteiger charge is 2.25. The van der Waals surface area contributed by atoms with Gasteiger partial charge in [0.2, 0.25) is 0 Å². The van der Waals surface area contributed by atoms with Gasteiger partial charge in [-0.3, -0.25) is 4.68 Å².